The van der Waals surface area contributed by atoms with Gasteiger partial charge in [0.15, 0.2) is 0 Å². The van der Waals surface area contributed by atoms with E-state index >= 15 is 0 Å². The minimum Gasteiger partial charge on any atom is -0.447 e. The second kappa shape index (κ2) is 8.41. The summed E-state index contributed by atoms with van der Waals surface area (Å²) >= 11 is 0. The van der Waals surface area contributed by atoms with Crippen molar-refractivity contribution >= 4 is 12.0 Å². The topological polar surface area (TPSA) is 67.9 Å². The molecule has 2 amide bonds. The van der Waals surface area contributed by atoms with E-state index in [1.165, 1.54) is 0 Å². The van der Waals surface area contributed by atoms with Gasteiger partial charge in [-0.25, -0.2) is 9.69 Å². The van der Waals surface area contributed by atoms with Crippen LogP contribution in [0, 0.1) is 0 Å². The van der Waals surface area contributed by atoms with Gasteiger partial charge in [-0.1, -0.05) is 60.7 Å². The normalized spacial score (nSPS) is 15.0. The Labute approximate surface area is 146 Å². The molecule has 3 rings (SSSR count). The van der Waals surface area contributed by atoms with Crippen LogP contribution in [-0.2, 0) is 21.0 Å². The standard InChI is InChI=1S/C19H20N2O4/c22-18(21-11-12-24-19(21)23)13-17(16-9-5-2-6-10-16)20-25-14-15-7-3-1-4-8-15/h1-10,17,20H,11-14H2/t17-/m1/s1. The summed E-state index contributed by atoms with van der Waals surface area (Å²) in [6.45, 7) is 0.923. The summed E-state index contributed by atoms with van der Waals surface area (Å²) in [4.78, 5) is 30.7. The highest BCUT2D eigenvalue weighted by Crippen LogP contribution is 2.19. The lowest BCUT2D eigenvalue weighted by Gasteiger charge is -2.20. The van der Waals surface area contributed by atoms with Gasteiger partial charge in [-0.3, -0.25) is 9.63 Å². The smallest absolute Gasteiger partial charge is 0.416 e. The van der Waals surface area contributed by atoms with E-state index in [0.717, 1.165) is 16.0 Å². The third-order valence-electron chi connectivity index (χ3n) is 3.95. The number of ether oxygens (including phenoxy) is 1. The molecule has 25 heavy (non-hydrogen) atoms. The van der Waals surface area contributed by atoms with Crippen molar-refractivity contribution in [3.63, 3.8) is 0 Å². The first kappa shape index (κ1) is 17.1. The Morgan fingerprint density at radius 2 is 1.80 bits per heavy atom. The fourth-order valence-electron chi connectivity index (χ4n) is 2.62. The molecule has 1 aliphatic rings. The number of hydroxylamine groups is 1. The molecule has 1 aliphatic heterocycles. The summed E-state index contributed by atoms with van der Waals surface area (Å²) in [5, 5.41) is 0. The van der Waals surface area contributed by atoms with Gasteiger partial charge in [0.1, 0.15) is 6.61 Å². The SMILES string of the molecule is O=C(C[C@@H](NOCc1ccccc1)c1ccccc1)N1CCOC1=O. The summed E-state index contributed by atoms with van der Waals surface area (Å²) in [5.74, 6) is -0.285. The summed E-state index contributed by atoms with van der Waals surface area (Å²) in [6, 6.07) is 18.9. The van der Waals surface area contributed by atoms with Gasteiger partial charge >= 0.3 is 6.09 Å². The molecule has 0 saturated carbocycles. The van der Waals surface area contributed by atoms with Crippen LogP contribution in [0.3, 0.4) is 0 Å². The van der Waals surface area contributed by atoms with E-state index in [-0.39, 0.29) is 25.0 Å². The second-order valence-electron chi connectivity index (χ2n) is 5.72. The minimum absolute atomic E-state index is 0.105. The van der Waals surface area contributed by atoms with E-state index < -0.39 is 6.09 Å². The molecule has 0 aliphatic carbocycles. The van der Waals surface area contributed by atoms with Crippen LogP contribution in [0.25, 0.3) is 0 Å². The van der Waals surface area contributed by atoms with Gasteiger partial charge in [0.25, 0.3) is 0 Å². The Morgan fingerprint density at radius 3 is 2.44 bits per heavy atom. The van der Waals surface area contributed by atoms with Crippen molar-refractivity contribution in [2.75, 3.05) is 13.2 Å². The largest absolute Gasteiger partial charge is 0.447 e. The number of benzene rings is 2. The molecule has 1 saturated heterocycles. The molecule has 130 valence electrons. The zero-order valence-corrected chi connectivity index (χ0v) is 13.8. The fourth-order valence-corrected chi connectivity index (χ4v) is 2.62. The summed E-state index contributed by atoms with van der Waals surface area (Å²) in [7, 11) is 0. The van der Waals surface area contributed by atoms with E-state index in [1.807, 2.05) is 60.7 Å². The average molecular weight is 340 g/mol. The molecule has 1 heterocycles. The van der Waals surface area contributed by atoms with Crippen molar-refractivity contribution in [3.05, 3.63) is 71.8 Å². The predicted octanol–water partition coefficient (Wildman–Crippen LogP) is 2.82. The van der Waals surface area contributed by atoms with Crippen LogP contribution in [-0.4, -0.2) is 30.1 Å². The molecule has 0 unspecified atom stereocenters. The third kappa shape index (κ3) is 4.65. The molecule has 2 aromatic carbocycles. The van der Waals surface area contributed by atoms with E-state index in [1.54, 1.807) is 0 Å². The van der Waals surface area contributed by atoms with Gasteiger partial charge in [0, 0.05) is 6.42 Å². The fraction of sp³-hybridized carbons (Fsp3) is 0.263. The maximum atomic E-state index is 12.4. The molecule has 1 atom stereocenters. The molecule has 2 aromatic rings. The zero-order chi connectivity index (χ0) is 17.5. The Hall–Kier alpha value is -2.70. The van der Waals surface area contributed by atoms with Gasteiger partial charge < -0.3 is 4.74 Å². The molecule has 0 aromatic heterocycles. The lowest BCUT2D eigenvalue weighted by atomic mass is 10.0. The number of hydrogen-bond donors (Lipinski definition) is 1. The molecule has 6 heteroatoms. The lowest BCUT2D eigenvalue weighted by molar-refractivity contribution is -0.129. The molecule has 1 fully saturated rings. The molecule has 6 nitrogen and oxygen atoms in total. The molecule has 0 bridgehead atoms. The quantitative estimate of drug-likeness (QED) is 0.785. The molecule has 0 spiro atoms. The summed E-state index contributed by atoms with van der Waals surface area (Å²) in [6.07, 6.45) is -0.476. The highest BCUT2D eigenvalue weighted by Gasteiger charge is 2.30. The van der Waals surface area contributed by atoms with Crippen LogP contribution in [0.4, 0.5) is 4.79 Å². The molecular weight excluding hydrogens is 320 g/mol. The van der Waals surface area contributed by atoms with Gasteiger partial charge in [0.2, 0.25) is 5.91 Å². The van der Waals surface area contributed by atoms with Gasteiger partial charge in [-0.05, 0) is 11.1 Å². The van der Waals surface area contributed by atoms with E-state index in [4.69, 9.17) is 9.57 Å². The summed E-state index contributed by atoms with van der Waals surface area (Å²) in [5.41, 5.74) is 4.89. The van der Waals surface area contributed by atoms with Gasteiger partial charge in [0.05, 0.1) is 19.2 Å². The number of amides is 2. The van der Waals surface area contributed by atoms with Crippen LogP contribution in [0.15, 0.2) is 60.7 Å². The van der Waals surface area contributed by atoms with E-state index in [2.05, 4.69) is 5.48 Å². The first-order chi connectivity index (χ1) is 12.2. The lowest BCUT2D eigenvalue weighted by Crippen LogP contribution is -2.35. The number of carbonyl (C=O) groups excluding carboxylic acids is 2. The molecule has 0 radical (unpaired) electrons. The second-order valence-corrected chi connectivity index (χ2v) is 5.72. The van der Waals surface area contributed by atoms with Crippen molar-refractivity contribution in [1.29, 1.82) is 0 Å². The van der Waals surface area contributed by atoms with Crippen molar-refractivity contribution in [2.24, 2.45) is 0 Å². The minimum atomic E-state index is -0.581. The first-order valence-corrected chi connectivity index (χ1v) is 8.17. The monoisotopic (exact) mass is 340 g/mol. The number of rotatable bonds is 7. The van der Waals surface area contributed by atoms with Crippen LogP contribution < -0.4 is 5.48 Å². The Bertz CT molecular complexity index is 706. The van der Waals surface area contributed by atoms with Crippen LogP contribution in [0.2, 0.25) is 0 Å². The van der Waals surface area contributed by atoms with Crippen molar-refractivity contribution < 1.29 is 19.2 Å². The van der Waals surface area contributed by atoms with Crippen LogP contribution in [0.5, 0.6) is 0 Å². The zero-order valence-electron chi connectivity index (χ0n) is 13.8. The maximum absolute atomic E-state index is 12.4. The van der Waals surface area contributed by atoms with Crippen LogP contribution in [0.1, 0.15) is 23.6 Å². The predicted molar refractivity (Wildman–Crippen MR) is 91.2 cm³/mol. The number of hydrogen-bond acceptors (Lipinski definition) is 5. The third-order valence-corrected chi connectivity index (χ3v) is 3.95. The Balaban J connectivity index is 1.63. The van der Waals surface area contributed by atoms with Crippen molar-refractivity contribution in [2.45, 2.75) is 19.1 Å². The highest BCUT2D eigenvalue weighted by atomic mass is 16.6. The van der Waals surface area contributed by atoms with E-state index in [0.29, 0.717) is 13.2 Å². The van der Waals surface area contributed by atoms with Crippen molar-refractivity contribution in [3.8, 4) is 0 Å². The number of nitrogens with one attached hydrogen (secondary N) is 1. The van der Waals surface area contributed by atoms with Crippen LogP contribution >= 0.6 is 0 Å². The average Bonchev–Trinajstić information content (AvgIpc) is 3.08. The Kier molecular flexibility index (Phi) is 5.77. The summed E-state index contributed by atoms with van der Waals surface area (Å²) < 4.78 is 4.83. The number of nitrogens with zero attached hydrogens (tertiary/aromatic N) is 1. The number of imide groups is 1. The van der Waals surface area contributed by atoms with Gasteiger partial charge in [-0.2, -0.15) is 5.48 Å². The highest BCUT2D eigenvalue weighted by molar-refractivity contribution is 5.93. The Morgan fingerprint density at radius 1 is 1.12 bits per heavy atom. The molecule has 1 N–H and O–H groups in total. The van der Waals surface area contributed by atoms with Crippen molar-refractivity contribution in [1.82, 2.24) is 10.4 Å². The van der Waals surface area contributed by atoms with E-state index in [9.17, 15) is 9.59 Å². The maximum Gasteiger partial charge on any atom is 0.416 e. The molecular formula is C19H20N2O4. The van der Waals surface area contributed by atoms with Gasteiger partial charge in [-0.15, -0.1) is 0 Å². The number of cyclic esters (lactones) is 1. The first-order valence-electron chi connectivity index (χ1n) is 8.17. The number of carbonyl (C=O) groups is 2.